The quantitative estimate of drug-likeness (QED) is 0.936. The number of nitrogens with one attached hydrogen (secondary N) is 1. The van der Waals surface area contributed by atoms with Gasteiger partial charge in [0.15, 0.2) is 0 Å². The summed E-state index contributed by atoms with van der Waals surface area (Å²) >= 11 is 0. The second-order valence-electron chi connectivity index (χ2n) is 5.90. The van der Waals surface area contributed by atoms with E-state index in [1.165, 1.54) is 19.3 Å². The highest BCUT2D eigenvalue weighted by Gasteiger charge is 2.15. The first-order valence-corrected chi connectivity index (χ1v) is 7.90. The van der Waals surface area contributed by atoms with Crippen molar-refractivity contribution in [2.45, 2.75) is 46.6 Å². The molecule has 3 heterocycles. The van der Waals surface area contributed by atoms with E-state index in [1.807, 2.05) is 26.8 Å². The number of nitrogens with zero attached hydrogens (tertiary/aromatic N) is 4. The Labute approximate surface area is 130 Å². The lowest BCUT2D eigenvalue weighted by atomic mass is 10.1. The molecule has 0 aromatic carbocycles. The zero-order valence-corrected chi connectivity index (χ0v) is 13.5. The summed E-state index contributed by atoms with van der Waals surface area (Å²) in [6, 6.07) is 1.98. The summed E-state index contributed by atoms with van der Waals surface area (Å²) in [4.78, 5) is 11.5. The van der Waals surface area contributed by atoms with E-state index < -0.39 is 0 Å². The SMILES string of the molecule is Cc1cc(NCc2c(C)noc2C)nc(N2CCCCC2)n1. The Balaban J connectivity index is 1.74. The largest absolute Gasteiger partial charge is 0.366 e. The Morgan fingerprint density at radius 3 is 2.59 bits per heavy atom. The molecule has 2 aromatic rings. The summed E-state index contributed by atoms with van der Waals surface area (Å²) in [6.07, 6.45) is 3.75. The smallest absolute Gasteiger partial charge is 0.227 e. The second kappa shape index (κ2) is 6.34. The molecule has 1 fully saturated rings. The molecule has 0 unspecified atom stereocenters. The highest BCUT2D eigenvalue weighted by atomic mass is 16.5. The zero-order chi connectivity index (χ0) is 15.5. The van der Waals surface area contributed by atoms with Gasteiger partial charge in [-0.3, -0.25) is 0 Å². The summed E-state index contributed by atoms with van der Waals surface area (Å²) in [5.74, 6) is 2.54. The molecule has 0 aliphatic carbocycles. The van der Waals surface area contributed by atoms with Crippen LogP contribution in [-0.4, -0.2) is 28.2 Å². The minimum Gasteiger partial charge on any atom is -0.366 e. The van der Waals surface area contributed by atoms with Crippen LogP contribution in [0.5, 0.6) is 0 Å². The lowest BCUT2D eigenvalue weighted by molar-refractivity contribution is 0.392. The van der Waals surface area contributed by atoms with Gasteiger partial charge >= 0.3 is 0 Å². The number of anilines is 2. The minimum atomic E-state index is 0.664. The zero-order valence-electron chi connectivity index (χ0n) is 13.5. The molecule has 0 amide bonds. The molecule has 1 saturated heterocycles. The average Bonchev–Trinajstić information content (AvgIpc) is 2.84. The molecule has 0 atom stereocenters. The number of aryl methyl sites for hydroxylation is 3. The molecule has 2 aromatic heterocycles. The molecule has 0 spiro atoms. The van der Waals surface area contributed by atoms with Crippen molar-refractivity contribution >= 4 is 11.8 Å². The van der Waals surface area contributed by atoms with E-state index in [1.54, 1.807) is 0 Å². The number of piperidine rings is 1. The Kier molecular flexibility index (Phi) is 4.27. The third kappa shape index (κ3) is 3.21. The molecule has 22 heavy (non-hydrogen) atoms. The van der Waals surface area contributed by atoms with E-state index in [9.17, 15) is 0 Å². The van der Waals surface area contributed by atoms with Gasteiger partial charge in [0.1, 0.15) is 11.6 Å². The Morgan fingerprint density at radius 2 is 1.91 bits per heavy atom. The van der Waals surface area contributed by atoms with Gasteiger partial charge in [-0.15, -0.1) is 0 Å². The van der Waals surface area contributed by atoms with E-state index in [2.05, 4.69) is 25.3 Å². The molecule has 0 saturated carbocycles. The minimum absolute atomic E-state index is 0.664. The van der Waals surface area contributed by atoms with Crippen LogP contribution in [0.4, 0.5) is 11.8 Å². The number of hydrogen-bond acceptors (Lipinski definition) is 6. The molecular formula is C16H23N5O. The van der Waals surface area contributed by atoms with Crippen molar-refractivity contribution in [1.29, 1.82) is 0 Å². The molecule has 1 aliphatic heterocycles. The van der Waals surface area contributed by atoms with E-state index in [4.69, 9.17) is 4.52 Å². The average molecular weight is 301 g/mol. The van der Waals surface area contributed by atoms with E-state index in [0.29, 0.717) is 6.54 Å². The Hall–Kier alpha value is -2.11. The van der Waals surface area contributed by atoms with Crippen LogP contribution in [-0.2, 0) is 6.54 Å². The van der Waals surface area contributed by atoms with Crippen LogP contribution in [0.3, 0.4) is 0 Å². The lowest BCUT2D eigenvalue weighted by Gasteiger charge is -2.27. The first kappa shape index (κ1) is 14.8. The number of hydrogen-bond donors (Lipinski definition) is 1. The lowest BCUT2D eigenvalue weighted by Crippen LogP contribution is -2.31. The van der Waals surface area contributed by atoms with E-state index in [0.717, 1.165) is 47.6 Å². The highest BCUT2D eigenvalue weighted by molar-refractivity contribution is 5.44. The first-order chi connectivity index (χ1) is 10.6. The summed E-state index contributed by atoms with van der Waals surface area (Å²) in [6.45, 7) is 8.66. The van der Waals surface area contributed by atoms with Crippen molar-refractivity contribution in [3.63, 3.8) is 0 Å². The molecule has 6 nitrogen and oxygen atoms in total. The topological polar surface area (TPSA) is 67.1 Å². The molecule has 0 bridgehead atoms. The maximum Gasteiger partial charge on any atom is 0.227 e. The Morgan fingerprint density at radius 1 is 1.14 bits per heavy atom. The van der Waals surface area contributed by atoms with Gasteiger partial charge in [0.05, 0.1) is 5.69 Å². The molecule has 1 aliphatic rings. The molecular weight excluding hydrogens is 278 g/mol. The van der Waals surface area contributed by atoms with Crippen molar-refractivity contribution in [2.24, 2.45) is 0 Å². The molecule has 0 radical (unpaired) electrons. The van der Waals surface area contributed by atoms with Crippen LogP contribution in [0, 0.1) is 20.8 Å². The van der Waals surface area contributed by atoms with E-state index in [-0.39, 0.29) is 0 Å². The fourth-order valence-electron chi connectivity index (χ4n) is 2.81. The van der Waals surface area contributed by atoms with Crippen molar-refractivity contribution in [3.05, 3.63) is 28.8 Å². The van der Waals surface area contributed by atoms with Crippen LogP contribution < -0.4 is 10.2 Å². The predicted molar refractivity (Wildman–Crippen MR) is 86.1 cm³/mol. The van der Waals surface area contributed by atoms with Crippen LogP contribution in [0.2, 0.25) is 0 Å². The summed E-state index contributed by atoms with van der Waals surface area (Å²) < 4.78 is 5.20. The standard InChI is InChI=1S/C16H23N5O/c1-11-9-15(17-10-14-12(2)20-22-13(14)3)19-16(18-11)21-7-5-4-6-8-21/h9H,4-8,10H2,1-3H3,(H,17,18,19). The fourth-order valence-corrected chi connectivity index (χ4v) is 2.81. The fraction of sp³-hybridized carbons (Fsp3) is 0.562. The van der Waals surface area contributed by atoms with Crippen LogP contribution in [0.1, 0.15) is 42.0 Å². The van der Waals surface area contributed by atoms with Crippen LogP contribution >= 0.6 is 0 Å². The monoisotopic (exact) mass is 301 g/mol. The third-order valence-electron chi connectivity index (χ3n) is 4.11. The van der Waals surface area contributed by atoms with Gasteiger partial charge in [-0.1, -0.05) is 5.16 Å². The van der Waals surface area contributed by atoms with Gasteiger partial charge in [-0.2, -0.15) is 4.98 Å². The highest BCUT2D eigenvalue weighted by Crippen LogP contribution is 2.20. The molecule has 118 valence electrons. The maximum absolute atomic E-state index is 5.20. The van der Waals surface area contributed by atoms with Gasteiger partial charge < -0.3 is 14.7 Å². The maximum atomic E-state index is 5.20. The molecule has 6 heteroatoms. The summed E-state index contributed by atoms with van der Waals surface area (Å²) in [5, 5.41) is 7.35. The van der Waals surface area contributed by atoms with Crippen molar-refractivity contribution in [2.75, 3.05) is 23.3 Å². The van der Waals surface area contributed by atoms with Crippen molar-refractivity contribution < 1.29 is 4.52 Å². The molecule has 1 N–H and O–H groups in total. The van der Waals surface area contributed by atoms with Crippen LogP contribution in [0.25, 0.3) is 0 Å². The van der Waals surface area contributed by atoms with Crippen LogP contribution in [0.15, 0.2) is 10.6 Å². The predicted octanol–water partition coefficient (Wildman–Crippen LogP) is 2.99. The normalized spacial score (nSPS) is 15.1. The van der Waals surface area contributed by atoms with Gasteiger partial charge in [0.2, 0.25) is 5.95 Å². The summed E-state index contributed by atoms with van der Waals surface area (Å²) in [7, 11) is 0. The van der Waals surface area contributed by atoms with Gasteiger partial charge in [0.25, 0.3) is 0 Å². The van der Waals surface area contributed by atoms with E-state index >= 15 is 0 Å². The summed E-state index contributed by atoms with van der Waals surface area (Å²) in [5.41, 5.74) is 3.00. The molecule has 3 rings (SSSR count). The van der Waals surface area contributed by atoms with Crippen molar-refractivity contribution in [1.82, 2.24) is 15.1 Å². The van der Waals surface area contributed by atoms with Gasteiger partial charge in [-0.25, -0.2) is 4.98 Å². The van der Waals surface area contributed by atoms with Crippen molar-refractivity contribution in [3.8, 4) is 0 Å². The number of aromatic nitrogens is 3. The van der Waals surface area contributed by atoms with Gasteiger partial charge in [-0.05, 0) is 40.0 Å². The first-order valence-electron chi connectivity index (χ1n) is 7.90. The second-order valence-corrected chi connectivity index (χ2v) is 5.90. The number of rotatable bonds is 4. The Bertz CT molecular complexity index is 626. The van der Waals surface area contributed by atoms with Gasteiger partial charge in [0, 0.05) is 37.0 Å². The third-order valence-corrected chi connectivity index (χ3v) is 4.11.